The lowest BCUT2D eigenvalue weighted by Crippen LogP contribution is -2.40. The molecule has 1 saturated heterocycles. The van der Waals surface area contributed by atoms with Crippen molar-refractivity contribution < 1.29 is 22.6 Å². The third-order valence-electron chi connectivity index (χ3n) is 4.76. The van der Waals surface area contributed by atoms with Gasteiger partial charge in [-0.15, -0.1) is 13.2 Å². The maximum absolute atomic E-state index is 12.6. The van der Waals surface area contributed by atoms with Crippen LogP contribution >= 0.6 is 0 Å². The number of nitrogens with two attached hydrogens (primary N) is 1. The molecular formula is C21H25F3N4O2. The van der Waals surface area contributed by atoms with E-state index in [0.29, 0.717) is 19.8 Å². The van der Waals surface area contributed by atoms with Crippen LogP contribution in [0.2, 0.25) is 0 Å². The average molecular weight is 422 g/mol. The molecule has 3 N–H and O–H groups in total. The van der Waals surface area contributed by atoms with E-state index in [9.17, 15) is 13.2 Å². The highest BCUT2D eigenvalue weighted by atomic mass is 19.4. The number of halogens is 3. The second kappa shape index (κ2) is 9.82. The Morgan fingerprint density at radius 3 is 2.50 bits per heavy atom. The van der Waals surface area contributed by atoms with Crippen molar-refractivity contribution >= 4 is 11.6 Å². The largest absolute Gasteiger partial charge is 0.573 e. The Morgan fingerprint density at radius 2 is 1.83 bits per heavy atom. The van der Waals surface area contributed by atoms with Crippen LogP contribution in [-0.2, 0) is 4.74 Å². The van der Waals surface area contributed by atoms with Crippen molar-refractivity contribution in [2.24, 2.45) is 10.7 Å². The molecule has 0 aromatic heterocycles. The molecule has 1 fully saturated rings. The molecule has 3 rings (SSSR count). The zero-order valence-electron chi connectivity index (χ0n) is 16.7. The van der Waals surface area contributed by atoms with Gasteiger partial charge in [0, 0.05) is 13.1 Å². The van der Waals surface area contributed by atoms with Gasteiger partial charge >= 0.3 is 6.36 Å². The SMILES string of the molecule is Cc1ccc(C(CN=C(N)Nc2ccccc2OC(F)(F)F)N2CCOCC2)cc1. The van der Waals surface area contributed by atoms with Gasteiger partial charge in [0.2, 0.25) is 0 Å². The van der Waals surface area contributed by atoms with Crippen LogP contribution in [0.25, 0.3) is 0 Å². The molecule has 1 unspecified atom stereocenters. The summed E-state index contributed by atoms with van der Waals surface area (Å²) < 4.78 is 47.3. The van der Waals surface area contributed by atoms with Crippen LogP contribution in [0.1, 0.15) is 17.2 Å². The maximum Gasteiger partial charge on any atom is 0.573 e. The first-order valence-electron chi connectivity index (χ1n) is 9.62. The highest BCUT2D eigenvalue weighted by Crippen LogP contribution is 2.30. The molecule has 1 heterocycles. The molecular weight excluding hydrogens is 397 g/mol. The minimum absolute atomic E-state index is 0.0126. The molecule has 1 atom stereocenters. The fraction of sp³-hybridized carbons (Fsp3) is 0.381. The third kappa shape index (κ3) is 6.36. The van der Waals surface area contributed by atoms with Crippen LogP contribution < -0.4 is 15.8 Å². The number of anilines is 1. The molecule has 0 saturated carbocycles. The summed E-state index contributed by atoms with van der Waals surface area (Å²) in [5.41, 5.74) is 8.32. The van der Waals surface area contributed by atoms with Crippen LogP contribution in [0, 0.1) is 6.92 Å². The molecule has 0 bridgehead atoms. The summed E-state index contributed by atoms with van der Waals surface area (Å²) in [4.78, 5) is 6.66. The summed E-state index contributed by atoms with van der Waals surface area (Å²) in [6.45, 7) is 5.19. The minimum Gasteiger partial charge on any atom is -0.404 e. The molecule has 0 radical (unpaired) electrons. The second-order valence-corrected chi connectivity index (χ2v) is 6.97. The molecule has 0 amide bonds. The number of rotatable bonds is 6. The maximum atomic E-state index is 12.6. The van der Waals surface area contributed by atoms with Crippen LogP contribution in [0.15, 0.2) is 53.5 Å². The molecule has 9 heteroatoms. The van der Waals surface area contributed by atoms with Gasteiger partial charge in [0.05, 0.1) is 31.5 Å². The van der Waals surface area contributed by atoms with E-state index >= 15 is 0 Å². The predicted molar refractivity (Wildman–Crippen MR) is 110 cm³/mol. The number of aliphatic imine (C=N–C) groups is 1. The molecule has 1 aliphatic rings. The minimum atomic E-state index is -4.80. The number of hydrogen-bond acceptors (Lipinski definition) is 4. The summed E-state index contributed by atoms with van der Waals surface area (Å²) in [6.07, 6.45) is -4.80. The Labute approximate surface area is 173 Å². The van der Waals surface area contributed by atoms with Gasteiger partial charge in [0.15, 0.2) is 11.7 Å². The Balaban J connectivity index is 1.74. The molecule has 2 aromatic carbocycles. The fourth-order valence-corrected chi connectivity index (χ4v) is 3.26. The van der Waals surface area contributed by atoms with E-state index in [-0.39, 0.29) is 23.4 Å². The van der Waals surface area contributed by atoms with E-state index in [1.54, 1.807) is 6.07 Å². The van der Waals surface area contributed by atoms with Gasteiger partial charge in [0.1, 0.15) is 0 Å². The molecule has 1 aliphatic heterocycles. The molecule has 0 aliphatic carbocycles. The first-order chi connectivity index (χ1) is 14.3. The van der Waals surface area contributed by atoms with Crippen molar-refractivity contribution in [2.75, 3.05) is 38.2 Å². The number of morpholine rings is 1. The Morgan fingerprint density at radius 1 is 1.17 bits per heavy atom. The number of alkyl halides is 3. The standard InChI is InChI=1S/C21H25F3N4O2/c1-15-6-8-16(9-7-15)18(28-10-12-29-13-11-28)14-26-20(25)27-17-4-2-3-5-19(17)30-21(22,23)24/h2-9,18H,10-14H2,1H3,(H3,25,26,27). The number of hydrogen-bond donors (Lipinski definition) is 2. The van der Waals surface area contributed by atoms with Crippen molar-refractivity contribution in [1.82, 2.24) is 4.90 Å². The number of benzene rings is 2. The summed E-state index contributed by atoms with van der Waals surface area (Å²) in [6, 6.07) is 13.9. The van der Waals surface area contributed by atoms with Gasteiger partial charge in [-0.2, -0.15) is 0 Å². The Bertz CT molecular complexity index is 850. The van der Waals surface area contributed by atoms with Crippen molar-refractivity contribution in [3.63, 3.8) is 0 Å². The number of para-hydroxylation sites is 2. The summed E-state index contributed by atoms with van der Waals surface area (Å²) >= 11 is 0. The van der Waals surface area contributed by atoms with Crippen LogP contribution in [0.5, 0.6) is 5.75 Å². The van der Waals surface area contributed by atoms with Crippen molar-refractivity contribution in [3.8, 4) is 5.75 Å². The van der Waals surface area contributed by atoms with E-state index in [1.807, 2.05) is 19.1 Å². The van der Waals surface area contributed by atoms with E-state index < -0.39 is 6.36 Å². The molecule has 162 valence electrons. The summed E-state index contributed by atoms with van der Waals surface area (Å²) in [5.74, 6) is -0.356. The van der Waals surface area contributed by atoms with Crippen molar-refractivity contribution in [3.05, 3.63) is 59.7 Å². The molecule has 0 spiro atoms. The highest BCUT2D eigenvalue weighted by Gasteiger charge is 2.32. The van der Waals surface area contributed by atoms with Crippen molar-refractivity contribution in [2.45, 2.75) is 19.3 Å². The first kappa shape index (κ1) is 21.9. The van der Waals surface area contributed by atoms with Crippen LogP contribution in [0.3, 0.4) is 0 Å². The average Bonchev–Trinajstić information content (AvgIpc) is 2.71. The van der Waals surface area contributed by atoms with Gasteiger partial charge in [-0.25, -0.2) is 0 Å². The van der Waals surface area contributed by atoms with Crippen molar-refractivity contribution in [1.29, 1.82) is 0 Å². The zero-order valence-corrected chi connectivity index (χ0v) is 16.7. The second-order valence-electron chi connectivity index (χ2n) is 6.97. The van der Waals surface area contributed by atoms with E-state index in [4.69, 9.17) is 10.5 Å². The van der Waals surface area contributed by atoms with Gasteiger partial charge in [-0.1, -0.05) is 42.0 Å². The molecule has 30 heavy (non-hydrogen) atoms. The van der Waals surface area contributed by atoms with Crippen LogP contribution in [-0.4, -0.2) is 50.1 Å². The lowest BCUT2D eigenvalue weighted by atomic mass is 10.0. The quantitative estimate of drug-likeness (QED) is 0.549. The molecule has 2 aromatic rings. The monoisotopic (exact) mass is 422 g/mol. The zero-order chi connectivity index (χ0) is 21.6. The summed E-state index contributed by atoms with van der Waals surface area (Å²) in [7, 11) is 0. The van der Waals surface area contributed by atoms with E-state index in [2.05, 4.69) is 32.1 Å². The lowest BCUT2D eigenvalue weighted by Gasteiger charge is -2.34. The summed E-state index contributed by atoms with van der Waals surface area (Å²) in [5, 5.41) is 2.71. The normalized spacial score (nSPS) is 16.9. The van der Waals surface area contributed by atoms with Gasteiger partial charge < -0.3 is 20.5 Å². The van der Waals surface area contributed by atoms with Crippen LogP contribution in [0.4, 0.5) is 18.9 Å². The number of aryl methyl sites for hydroxylation is 1. The fourth-order valence-electron chi connectivity index (χ4n) is 3.26. The lowest BCUT2D eigenvalue weighted by molar-refractivity contribution is -0.274. The number of nitrogens with zero attached hydrogens (tertiary/aromatic N) is 2. The number of nitrogens with one attached hydrogen (secondary N) is 1. The smallest absolute Gasteiger partial charge is 0.404 e. The predicted octanol–water partition coefficient (Wildman–Crippen LogP) is 3.69. The Hall–Kier alpha value is -2.78. The first-order valence-corrected chi connectivity index (χ1v) is 9.62. The topological polar surface area (TPSA) is 72.1 Å². The molecule has 6 nitrogen and oxygen atoms in total. The van der Waals surface area contributed by atoms with Gasteiger partial charge in [-0.3, -0.25) is 9.89 Å². The highest BCUT2D eigenvalue weighted by molar-refractivity contribution is 5.93. The number of guanidine groups is 1. The van der Waals surface area contributed by atoms with Gasteiger partial charge in [-0.05, 0) is 24.6 Å². The van der Waals surface area contributed by atoms with E-state index in [1.165, 1.54) is 18.2 Å². The Kier molecular flexibility index (Phi) is 7.17. The van der Waals surface area contributed by atoms with Gasteiger partial charge in [0.25, 0.3) is 0 Å². The van der Waals surface area contributed by atoms with E-state index in [0.717, 1.165) is 24.2 Å². The number of ether oxygens (including phenoxy) is 2. The third-order valence-corrected chi connectivity index (χ3v) is 4.76.